The second kappa shape index (κ2) is 5.82. The summed E-state index contributed by atoms with van der Waals surface area (Å²) >= 11 is 0. The van der Waals surface area contributed by atoms with E-state index < -0.39 is 18.1 Å². The van der Waals surface area contributed by atoms with Gasteiger partial charge in [-0.15, -0.1) is 0 Å². The molecular weight excluding hydrogens is 268 g/mol. The molecule has 1 aromatic heterocycles. The Balaban J connectivity index is 2.51. The fourth-order valence-corrected chi connectivity index (χ4v) is 1.91. The Labute approximate surface area is 114 Å². The first-order valence-corrected chi connectivity index (χ1v) is 6.23. The van der Waals surface area contributed by atoms with Gasteiger partial charge >= 0.3 is 5.97 Å². The lowest BCUT2D eigenvalue weighted by atomic mass is 10.1. The molecule has 0 bridgehead atoms. The molecule has 1 saturated heterocycles. The highest BCUT2D eigenvalue weighted by atomic mass is 19.3. The Morgan fingerprint density at radius 1 is 1.60 bits per heavy atom. The number of halogens is 2. The third-order valence-electron chi connectivity index (χ3n) is 3.01. The van der Waals surface area contributed by atoms with E-state index in [1.807, 2.05) is 6.07 Å². The number of hydrogen-bond donors (Lipinski definition) is 0. The number of alkyl halides is 2. The second-order valence-corrected chi connectivity index (χ2v) is 4.27. The van der Waals surface area contributed by atoms with Gasteiger partial charge in [0, 0.05) is 13.1 Å². The van der Waals surface area contributed by atoms with Crippen LogP contribution in [0, 0.1) is 11.3 Å². The van der Waals surface area contributed by atoms with Crippen molar-refractivity contribution in [1.82, 2.24) is 4.98 Å². The van der Waals surface area contributed by atoms with E-state index in [2.05, 4.69) is 4.98 Å². The topological polar surface area (TPSA) is 66.2 Å². The molecule has 1 aromatic rings. The van der Waals surface area contributed by atoms with E-state index in [9.17, 15) is 13.6 Å². The van der Waals surface area contributed by atoms with Gasteiger partial charge in [0.2, 0.25) is 0 Å². The molecule has 0 unspecified atom stereocenters. The highest BCUT2D eigenvalue weighted by molar-refractivity contribution is 5.91. The van der Waals surface area contributed by atoms with Gasteiger partial charge in [0.05, 0.1) is 17.7 Å². The van der Waals surface area contributed by atoms with Gasteiger partial charge in [0.25, 0.3) is 6.43 Å². The number of aromatic nitrogens is 1. The van der Waals surface area contributed by atoms with Gasteiger partial charge in [-0.25, -0.2) is 18.6 Å². The van der Waals surface area contributed by atoms with Crippen LogP contribution in [0.2, 0.25) is 0 Å². The van der Waals surface area contributed by atoms with Crippen LogP contribution in [0.1, 0.15) is 41.4 Å². The van der Waals surface area contributed by atoms with Crippen molar-refractivity contribution in [3.05, 3.63) is 22.9 Å². The summed E-state index contributed by atoms with van der Waals surface area (Å²) in [6.45, 7) is 2.98. The number of carbonyl (C=O) groups excluding carboxylic acids is 1. The number of hydrogen-bond acceptors (Lipinski definition) is 5. The normalized spacial score (nSPS) is 13.8. The van der Waals surface area contributed by atoms with E-state index in [4.69, 9.17) is 10.00 Å². The zero-order chi connectivity index (χ0) is 14.7. The van der Waals surface area contributed by atoms with Crippen LogP contribution in [0.5, 0.6) is 0 Å². The predicted molar refractivity (Wildman–Crippen MR) is 66.7 cm³/mol. The summed E-state index contributed by atoms with van der Waals surface area (Å²) in [6.07, 6.45) is -1.97. The highest BCUT2D eigenvalue weighted by Crippen LogP contribution is 2.29. The Morgan fingerprint density at radius 3 is 2.75 bits per heavy atom. The van der Waals surface area contributed by atoms with Crippen LogP contribution < -0.4 is 4.90 Å². The molecule has 0 radical (unpaired) electrons. The molecule has 7 heteroatoms. The molecule has 0 amide bonds. The number of rotatable bonds is 4. The summed E-state index contributed by atoms with van der Waals surface area (Å²) in [5, 5.41) is 9.10. The summed E-state index contributed by atoms with van der Waals surface area (Å²) in [6, 6.07) is 3.03. The first-order valence-electron chi connectivity index (χ1n) is 6.23. The Morgan fingerprint density at radius 2 is 2.30 bits per heavy atom. The van der Waals surface area contributed by atoms with Crippen LogP contribution in [0.15, 0.2) is 6.07 Å². The molecule has 1 aliphatic heterocycles. The molecule has 1 aliphatic rings. The van der Waals surface area contributed by atoms with Crippen LogP contribution >= 0.6 is 0 Å². The van der Waals surface area contributed by atoms with E-state index in [0.29, 0.717) is 13.1 Å². The largest absolute Gasteiger partial charge is 0.462 e. The lowest BCUT2D eigenvalue weighted by Crippen LogP contribution is -2.38. The van der Waals surface area contributed by atoms with E-state index in [1.54, 1.807) is 11.8 Å². The van der Waals surface area contributed by atoms with Gasteiger partial charge < -0.3 is 9.64 Å². The molecule has 0 atom stereocenters. The summed E-state index contributed by atoms with van der Waals surface area (Å²) < 4.78 is 30.8. The maximum Gasteiger partial charge on any atom is 0.340 e. The minimum absolute atomic E-state index is 0.0667. The number of nitriles is 1. The predicted octanol–water partition coefficient (Wildman–Crippen LogP) is 2.28. The summed E-state index contributed by atoms with van der Waals surface area (Å²) in [5.74, 6) is -0.677. The minimum Gasteiger partial charge on any atom is -0.462 e. The SMILES string of the molecule is CCOC(=O)c1cc(C#N)c(N2CCC2)nc1C(F)F. The number of anilines is 1. The smallest absolute Gasteiger partial charge is 0.340 e. The lowest BCUT2D eigenvalue weighted by molar-refractivity contribution is 0.0513. The van der Waals surface area contributed by atoms with Crippen molar-refractivity contribution in [1.29, 1.82) is 5.26 Å². The molecule has 20 heavy (non-hydrogen) atoms. The molecule has 2 heterocycles. The van der Waals surface area contributed by atoms with Crippen molar-refractivity contribution >= 4 is 11.8 Å². The Hall–Kier alpha value is -2.23. The zero-order valence-corrected chi connectivity index (χ0v) is 10.9. The van der Waals surface area contributed by atoms with Crippen molar-refractivity contribution in [2.75, 3.05) is 24.6 Å². The molecule has 0 saturated carbocycles. The van der Waals surface area contributed by atoms with Gasteiger partial charge in [0.1, 0.15) is 17.6 Å². The van der Waals surface area contributed by atoms with E-state index in [0.717, 1.165) is 12.5 Å². The second-order valence-electron chi connectivity index (χ2n) is 4.27. The molecule has 0 aromatic carbocycles. The lowest BCUT2D eigenvalue weighted by Gasteiger charge is -2.33. The number of nitrogens with zero attached hydrogens (tertiary/aromatic N) is 3. The van der Waals surface area contributed by atoms with Gasteiger partial charge in [-0.05, 0) is 19.4 Å². The molecule has 0 spiro atoms. The van der Waals surface area contributed by atoms with Crippen LogP contribution in [-0.4, -0.2) is 30.6 Å². The van der Waals surface area contributed by atoms with E-state index in [-0.39, 0.29) is 23.6 Å². The average Bonchev–Trinajstić information content (AvgIpc) is 2.36. The molecule has 2 rings (SSSR count). The van der Waals surface area contributed by atoms with Gasteiger partial charge in [0.15, 0.2) is 0 Å². The first kappa shape index (κ1) is 14.2. The quantitative estimate of drug-likeness (QED) is 0.792. The maximum absolute atomic E-state index is 13.1. The van der Waals surface area contributed by atoms with Crippen molar-refractivity contribution in [3.63, 3.8) is 0 Å². The van der Waals surface area contributed by atoms with Crippen molar-refractivity contribution in [2.45, 2.75) is 19.8 Å². The standard InChI is InChI=1S/C13H13F2N3O2/c1-2-20-13(19)9-6-8(7-16)12(18-4-3-5-18)17-10(9)11(14)15/h6,11H,2-5H2,1H3. The Kier molecular flexibility index (Phi) is 4.13. The van der Waals surface area contributed by atoms with Crippen molar-refractivity contribution < 1.29 is 18.3 Å². The fraction of sp³-hybridized carbons (Fsp3) is 0.462. The number of esters is 1. The maximum atomic E-state index is 13.1. The monoisotopic (exact) mass is 281 g/mol. The fourth-order valence-electron chi connectivity index (χ4n) is 1.91. The highest BCUT2D eigenvalue weighted by Gasteiger charge is 2.27. The number of ether oxygens (including phenoxy) is 1. The first-order chi connectivity index (χ1) is 9.58. The molecule has 0 aliphatic carbocycles. The summed E-state index contributed by atoms with van der Waals surface area (Å²) in [7, 11) is 0. The third kappa shape index (κ3) is 2.54. The van der Waals surface area contributed by atoms with E-state index in [1.165, 1.54) is 0 Å². The zero-order valence-electron chi connectivity index (χ0n) is 10.9. The van der Waals surface area contributed by atoms with E-state index >= 15 is 0 Å². The third-order valence-corrected chi connectivity index (χ3v) is 3.01. The molecule has 106 valence electrons. The van der Waals surface area contributed by atoms with Crippen LogP contribution in [-0.2, 0) is 4.74 Å². The molecule has 5 nitrogen and oxygen atoms in total. The average molecular weight is 281 g/mol. The molecule has 1 fully saturated rings. The summed E-state index contributed by atoms with van der Waals surface area (Å²) in [4.78, 5) is 17.2. The molecule has 0 N–H and O–H groups in total. The number of pyridine rings is 1. The van der Waals surface area contributed by atoms with Gasteiger partial charge in [-0.1, -0.05) is 0 Å². The van der Waals surface area contributed by atoms with Crippen molar-refractivity contribution in [3.8, 4) is 6.07 Å². The van der Waals surface area contributed by atoms with Crippen LogP contribution in [0.4, 0.5) is 14.6 Å². The number of carbonyl (C=O) groups is 1. The van der Waals surface area contributed by atoms with Crippen LogP contribution in [0.25, 0.3) is 0 Å². The van der Waals surface area contributed by atoms with Gasteiger partial charge in [-0.3, -0.25) is 0 Å². The Bertz CT molecular complexity index is 565. The minimum atomic E-state index is -2.90. The van der Waals surface area contributed by atoms with Crippen molar-refractivity contribution in [2.24, 2.45) is 0 Å². The van der Waals surface area contributed by atoms with Gasteiger partial charge in [-0.2, -0.15) is 5.26 Å². The van der Waals surface area contributed by atoms with Crippen LogP contribution in [0.3, 0.4) is 0 Å². The summed E-state index contributed by atoms with van der Waals surface area (Å²) in [5.41, 5.74) is -0.871. The molecular formula is C13H13F2N3O2.